The van der Waals surface area contributed by atoms with Gasteiger partial charge in [-0.2, -0.15) is 0 Å². The minimum Gasteiger partial charge on any atom is -0.324 e. The van der Waals surface area contributed by atoms with Crippen molar-refractivity contribution in [3.8, 4) is 0 Å². The van der Waals surface area contributed by atoms with Crippen LogP contribution in [0.1, 0.15) is 18.0 Å². The summed E-state index contributed by atoms with van der Waals surface area (Å²) in [5.41, 5.74) is 2.40. The van der Waals surface area contributed by atoms with Gasteiger partial charge in [0.1, 0.15) is 0 Å². The largest absolute Gasteiger partial charge is 0.324 e. The summed E-state index contributed by atoms with van der Waals surface area (Å²) >= 11 is 1.70. The number of nitrogens with zero attached hydrogens (tertiary/aromatic N) is 3. The highest BCUT2D eigenvalue weighted by Crippen LogP contribution is 2.39. The van der Waals surface area contributed by atoms with E-state index < -0.39 is 0 Å². The highest BCUT2D eigenvalue weighted by molar-refractivity contribution is 7.99. The second-order valence-electron chi connectivity index (χ2n) is 9.11. The van der Waals surface area contributed by atoms with Crippen LogP contribution in [0.15, 0.2) is 88.7 Å². The van der Waals surface area contributed by atoms with Crippen LogP contribution in [0.3, 0.4) is 0 Å². The summed E-state index contributed by atoms with van der Waals surface area (Å²) in [5, 5.41) is 3.00. The molecule has 1 atom stereocenters. The summed E-state index contributed by atoms with van der Waals surface area (Å²) in [5.74, 6) is -0.0636. The maximum absolute atomic E-state index is 13.8. The van der Waals surface area contributed by atoms with Crippen molar-refractivity contribution in [2.24, 2.45) is 0 Å². The molecule has 3 aromatic rings. The van der Waals surface area contributed by atoms with Crippen LogP contribution in [0.5, 0.6) is 0 Å². The van der Waals surface area contributed by atoms with Crippen molar-refractivity contribution in [1.29, 1.82) is 0 Å². The van der Waals surface area contributed by atoms with Gasteiger partial charge in [0.05, 0.1) is 30.4 Å². The second kappa shape index (κ2) is 10.6. The minimum absolute atomic E-state index is 0.0197. The zero-order valence-electron chi connectivity index (χ0n) is 19.9. The lowest BCUT2D eigenvalue weighted by Crippen LogP contribution is -2.49. The van der Waals surface area contributed by atoms with Crippen molar-refractivity contribution in [3.63, 3.8) is 0 Å². The Morgan fingerprint density at radius 2 is 1.54 bits per heavy atom. The number of benzene rings is 3. The Morgan fingerprint density at radius 3 is 2.29 bits per heavy atom. The Kier molecular flexibility index (Phi) is 7.18. The maximum Gasteiger partial charge on any atom is 0.241 e. The Labute approximate surface area is 210 Å². The molecule has 1 unspecified atom stereocenters. The molecule has 6 nitrogen and oxygen atoms in total. The fourth-order valence-corrected chi connectivity index (χ4v) is 5.49. The molecule has 5 rings (SSSR count). The molecular formula is C28H30N4O2S. The molecule has 1 fully saturated rings. The number of para-hydroxylation sites is 2. The fraction of sp³-hybridized carbons (Fsp3) is 0.286. The van der Waals surface area contributed by atoms with Crippen LogP contribution >= 0.6 is 11.8 Å². The molecular weight excluding hydrogens is 456 g/mol. The van der Waals surface area contributed by atoms with Crippen LogP contribution in [0.4, 0.5) is 11.4 Å². The van der Waals surface area contributed by atoms with E-state index >= 15 is 0 Å². The van der Waals surface area contributed by atoms with Gasteiger partial charge >= 0.3 is 0 Å². The van der Waals surface area contributed by atoms with Gasteiger partial charge in [-0.1, -0.05) is 54.2 Å². The lowest BCUT2D eigenvalue weighted by molar-refractivity contribution is -0.121. The maximum atomic E-state index is 13.8. The van der Waals surface area contributed by atoms with Crippen molar-refractivity contribution < 1.29 is 9.59 Å². The van der Waals surface area contributed by atoms with E-state index in [1.807, 2.05) is 59.5 Å². The molecule has 35 heavy (non-hydrogen) atoms. The highest BCUT2D eigenvalue weighted by Gasteiger charge is 2.34. The van der Waals surface area contributed by atoms with Crippen molar-refractivity contribution in [2.45, 2.75) is 22.3 Å². The van der Waals surface area contributed by atoms with E-state index in [1.54, 1.807) is 11.8 Å². The second-order valence-corrected chi connectivity index (χ2v) is 10.3. The molecule has 2 aliphatic heterocycles. The predicted octanol–water partition coefficient (Wildman–Crippen LogP) is 4.50. The van der Waals surface area contributed by atoms with Gasteiger partial charge in [-0.15, -0.1) is 0 Å². The number of fused-ring (bicyclic) bond motifs is 1. The molecule has 180 valence electrons. The van der Waals surface area contributed by atoms with Crippen LogP contribution in [-0.4, -0.2) is 61.4 Å². The number of piperazine rings is 1. The van der Waals surface area contributed by atoms with Gasteiger partial charge in [-0.25, -0.2) is 0 Å². The Balaban J connectivity index is 1.44. The molecule has 2 amide bonds. The van der Waals surface area contributed by atoms with Crippen molar-refractivity contribution in [3.05, 3.63) is 84.4 Å². The Morgan fingerprint density at radius 1 is 0.886 bits per heavy atom. The summed E-state index contributed by atoms with van der Waals surface area (Å²) in [6.07, 6.45) is 0.217. The minimum atomic E-state index is -0.366. The molecule has 1 saturated heterocycles. The lowest BCUT2D eigenvalue weighted by atomic mass is 10.0. The van der Waals surface area contributed by atoms with E-state index in [4.69, 9.17) is 0 Å². The van der Waals surface area contributed by atoms with Gasteiger partial charge in [0.2, 0.25) is 11.8 Å². The van der Waals surface area contributed by atoms with Crippen LogP contribution in [-0.2, 0) is 9.59 Å². The van der Waals surface area contributed by atoms with Crippen LogP contribution in [0.25, 0.3) is 0 Å². The monoisotopic (exact) mass is 486 g/mol. The third kappa shape index (κ3) is 5.59. The average Bonchev–Trinajstić information content (AvgIpc) is 3.02. The summed E-state index contributed by atoms with van der Waals surface area (Å²) in [6, 6.07) is 25.7. The van der Waals surface area contributed by atoms with Crippen molar-refractivity contribution in [1.82, 2.24) is 9.80 Å². The molecule has 0 saturated carbocycles. The molecule has 2 aliphatic rings. The zero-order valence-corrected chi connectivity index (χ0v) is 20.7. The highest BCUT2D eigenvalue weighted by atomic mass is 32.2. The number of nitrogens with one attached hydrogen (secondary N) is 1. The van der Waals surface area contributed by atoms with Gasteiger partial charge in [-0.05, 0) is 49.0 Å². The standard InChI is InChI=1S/C28H30N4O2S/c1-30-15-17-31(18-16-30)20-28(34)32-25-10-6-5-9-24(25)29-27(33)19-26(32)21-11-13-23(14-12-21)35-22-7-3-2-4-8-22/h2-14,26H,15-20H2,1H3,(H,29,33). The van der Waals surface area contributed by atoms with Crippen LogP contribution in [0.2, 0.25) is 0 Å². The number of carbonyl (C=O) groups excluding carboxylic acids is 2. The number of hydrogen-bond donors (Lipinski definition) is 1. The average molecular weight is 487 g/mol. The normalized spacial score (nSPS) is 19.1. The number of amides is 2. The predicted molar refractivity (Wildman–Crippen MR) is 141 cm³/mol. The number of carbonyl (C=O) groups is 2. The van der Waals surface area contributed by atoms with E-state index in [0.29, 0.717) is 12.2 Å². The number of likely N-dealkylation sites (N-methyl/N-ethyl adjacent to an activating group) is 1. The van der Waals surface area contributed by atoms with Crippen LogP contribution < -0.4 is 10.2 Å². The first kappa shape index (κ1) is 23.6. The summed E-state index contributed by atoms with van der Waals surface area (Å²) in [7, 11) is 2.11. The Bertz CT molecular complexity index is 1180. The number of rotatable bonds is 5. The van der Waals surface area contributed by atoms with Crippen LogP contribution in [0, 0.1) is 0 Å². The van der Waals surface area contributed by atoms with Gasteiger partial charge in [0, 0.05) is 36.0 Å². The van der Waals surface area contributed by atoms with E-state index in [2.05, 4.69) is 46.4 Å². The molecule has 1 N–H and O–H groups in total. The third-order valence-corrected chi connectivity index (χ3v) is 7.61. The SMILES string of the molecule is CN1CCN(CC(=O)N2c3ccccc3NC(=O)CC2c2ccc(Sc3ccccc3)cc2)CC1. The lowest BCUT2D eigenvalue weighted by Gasteiger charge is -2.35. The first-order chi connectivity index (χ1) is 17.1. The fourth-order valence-electron chi connectivity index (χ4n) is 4.66. The number of hydrogen-bond acceptors (Lipinski definition) is 5. The van der Waals surface area contributed by atoms with E-state index in [-0.39, 0.29) is 24.3 Å². The van der Waals surface area contributed by atoms with Crippen molar-refractivity contribution >= 4 is 35.0 Å². The molecule has 0 aromatic heterocycles. The van der Waals surface area contributed by atoms with E-state index in [9.17, 15) is 9.59 Å². The molecule has 7 heteroatoms. The van der Waals surface area contributed by atoms with Gasteiger partial charge in [-0.3, -0.25) is 14.5 Å². The number of anilines is 2. The van der Waals surface area contributed by atoms with Crippen molar-refractivity contribution in [2.75, 3.05) is 50.0 Å². The van der Waals surface area contributed by atoms with E-state index in [0.717, 1.165) is 42.3 Å². The molecule has 2 heterocycles. The zero-order chi connectivity index (χ0) is 24.2. The van der Waals surface area contributed by atoms with Gasteiger partial charge in [0.15, 0.2) is 0 Å². The third-order valence-electron chi connectivity index (χ3n) is 6.60. The summed E-state index contributed by atoms with van der Waals surface area (Å²) < 4.78 is 0. The molecule has 0 spiro atoms. The first-order valence-electron chi connectivity index (χ1n) is 12.0. The topological polar surface area (TPSA) is 55.9 Å². The first-order valence-corrected chi connectivity index (χ1v) is 12.8. The molecule has 0 aliphatic carbocycles. The molecule has 0 radical (unpaired) electrons. The van der Waals surface area contributed by atoms with E-state index in [1.165, 1.54) is 4.90 Å². The van der Waals surface area contributed by atoms with Gasteiger partial charge < -0.3 is 15.1 Å². The molecule has 3 aromatic carbocycles. The Hall–Kier alpha value is -3.13. The van der Waals surface area contributed by atoms with Gasteiger partial charge in [0.25, 0.3) is 0 Å². The molecule has 0 bridgehead atoms. The summed E-state index contributed by atoms with van der Waals surface area (Å²) in [6.45, 7) is 3.98. The smallest absolute Gasteiger partial charge is 0.241 e. The summed E-state index contributed by atoms with van der Waals surface area (Å²) in [4.78, 5) is 35.3. The quantitative estimate of drug-likeness (QED) is 0.576.